The molecular weight excluding hydrogens is 188 g/mol. The van der Waals surface area contributed by atoms with E-state index >= 15 is 0 Å². The first-order valence-electron chi connectivity index (χ1n) is 5.41. The van der Waals surface area contributed by atoms with Crippen LogP contribution in [0, 0.1) is 5.92 Å². The molecule has 1 aromatic carbocycles. The molecule has 1 fully saturated rings. The molecule has 3 rings (SSSR count). The second-order valence-electron chi connectivity index (χ2n) is 4.29. The normalized spacial score (nSPS) is 16.0. The largest absolute Gasteiger partial charge is 0.399 e. The Morgan fingerprint density at radius 3 is 3.07 bits per heavy atom. The van der Waals surface area contributed by atoms with Crippen LogP contribution in [0.1, 0.15) is 19.3 Å². The van der Waals surface area contributed by atoms with E-state index < -0.39 is 0 Å². The summed E-state index contributed by atoms with van der Waals surface area (Å²) < 4.78 is 1.98. The molecule has 1 aromatic heterocycles. The molecule has 78 valence electrons. The summed E-state index contributed by atoms with van der Waals surface area (Å²) in [7, 11) is 0. The summed E-state index contributed by atoms with van der Waals surface area (Å²) in [4.78, 5) is 0. The van der Waals surface area contributed by atoms with Gasteiger partial charge in [0.05, 0.1) is 5.52 Å². The molecule has 0 unspecified atom stereocenters. The lowest BCUT2D eigenvalue weighted by atomic mass is 10.2. The van der Waals surface area contributed by atoms with E-state index in [0.717, 1.165) is 29.2 Å². The molecule has 1 aliphatic carbocycles. The van der Waals surface area contributed by atoms with Gasteiger partial charge in [-0.05, 0) is 30.5 Å². The highest BCUT2D eigenvalue weighted by Gasteiger charge is 2.21. The Bertz CT molecular complexity index is 484. The summed E-state index contributed by atoms with van der Waals surface area (Å²) in [6, 6.07) is 5.77. The third-order valence-electron chi connectivity index (χ3n) is 2.98. The number of rotatable bonds is 3. The van der Waals surface area contributed by atoms with Gasteiger partial charge in [0.15, 0.2) is 0 Å². The van der Waals surface area contributed by atoms with Crippen LogP contribution in [-0.4, -0.2) is 15.0 Å². The van der Waals surface area contributed by atoms with Gasteiger partial charge in [0, 0.05) is 12.2 Å². The van der Waals surface area contributed by atoms with E-state index in [0.29, 0.717) is 0 Å². The minimum Gasteiger partial charge on any atom is -0.399 e. The standard InChI is InChI=1S/C11H14N4/c12-9-3-4-11-10(7-9)13-14-15(11)6-5-8-1-2-8/h3-4,7-8H,1-2,5-6,12H2. The molecule has 4 nitrogen and oxygen atoms in total. The lowest BCUT2D eigenvalue weighted by molar-refractivity contribution is 0.544. The summed E-state index contributed by atoms with van der Waals surface area (Å²) in [6.45, 7) is 0.977. The molecule has 15 heavy (non-hydrogen) atoms. The van der Waals surface area contributed by atoms with Crippen LogP contribution < -0.4 is 5.73 Å². The third-order valence-corrected chi connectivity index (χ3v) is 2.98. The maximum Gasteiger partial charge on any atom is 0.115 e. The number of hydrogen-bond acceptors (Lipinski definition) is 3. The molecule has 2 aromatic rings. The first-order chi connectivity index (χ1) is 7.33. The number of hydrogen-bond donors (Lipinski definition) is 1. The first kappa shape index (κ1) is 8.71. The molecule has 1 heterocycles. The van der Waals surface area contributed by atoms with E-state index in [1.54, 1.807) is 0 Å². The minimum absolute atomic E-state index is 0.747. The van der Waals surface area contributed by atoms with Crippen molar-refractivity contribution < 1.29 is 0 Å². The Labute approximate surface area is 88.1 Å². The molecule has 1 saturated carbocycles. The van der Waals surface area contributed by atoms with Gasteiger partial charge >= 0.3 is 0 Å². The van der Waals surface area contributed by atoms with Gasteiger partial charge < -0.3 is 5.73 Å². The lowest BCUT2D eigenvalue weighted by Gasteiger charge is -2.00. The van der Waals surface area contributed by atoms with Crippen LogP contribution in [0.15, 0.2) is 18.2 Å². The van der Waals surface area contributed by atoms with Crippen molar-refractivity contribution in [1.82, 2.24) is 15.0 Å². The van der Waals surface area contributed by atoms with Crippen LogP contribution >= 0.6 is 0 Å². The van der Waals surface area contributed by atoms with Crippen molar-refractivity contribution in [2.24, 2.45) is 5.92 Å². The zero-order valence-electron chi connectivity index (χ0n) is 8.56. The number of aryl methyl sites for hydroxylation is 1. The molecule has 0 amide bonds. The summed E-state index contributed by atoms with van der Waals surface area (Å²) >= 11 is 0. The molecule has 4 heteroatoms. The van der Waals surface area contributed by atoms with Crippen molar-refractivity contribution in [3.8, 4) is 0 Å². The molecule has 0 saturated heterocycles. The van der Waals surface area contributed by atoms with Gasteiger partial charge in [-0.1, -0.05) is 18.1 Å². The SMILES string of the molecule is Nc1ccc2c(c1)nnn2CCC1CC1. The summed E-state index contributed by atoms with van der Waals surface area (Å²) in [5.74, 6) is 0.929. The number of nitrogens with two attached hydrogens (primary N) is 1. The highest BCUT2D eigenvalue weighted by Crippen LogP contribution is 2.32. The fraction of sp³-hybridized carbons (Fsp3) is 0.455. The Morgan fingerprint density at radius 1 is 1.40 bits per heavy atom. The van der Waals surface area contributed by atoms with Gasteiger partial charge in [-0.2, -0.15) is 0 Å². The number of nitrogen functional groups attached to an aromatic ring is 1. The average Bonchev–Trinajstić information content (AvgIpc) is 2.97. The lowest BCUT2D eigenvalue weighted by Crippen LogP contribution is -2.00. The molecule has 1 aliphatic rings. The molecule has 2 N–H and O–H groups in total. The Kier molecular flexibility index (Phi) is 1.87. The molecule has 0 aliphatic heterocycles. The van der Waals surface area contributed by atoms with Crippen molar-refractivity contribution in [2.45, 2.75) is 25.8 Å². The zero-order valence-corrected chi connectivity index (χ0v) is 8.56. The van der Waals surface area contributed by atoms with E-state index in [-0.39, 0.29) is 0 Å². The fourth-order valence-corrected chi connectivity index (χ4v) is 1.87. The predicted molar refractivity (Wildman–Crippen MR) is 59.3 cm³/mol. The molecule has 0 bridgehead atoms. The van der Waals surface area contributed by atoms with Crippen LogP contribution in [-0.2, 0) is 6.54 Å². The number of fused-ring (bicyclic) bond motifs is 1. The molecular formula is C11H14N4. The van der Waals surface area contributed by atoms with Crippen molar-refractivity contribution in [3.05, 3.63) is 18.2 Å². The number of aromatic nitrogens is 3. The Morgan fingerprint density at radius 2 is 2.27 bits per heavy atom. The molecule has 0 spiro atoms. The van der Waals surface area contributed by atoms with Crippen LogP contribution in [0.5, 0.6) is 0 Å². The van der Waals surface area contributed by atoms with Gasteiger partial charge in [0.2, 0.25) is 0 Å². The summed E-state index contributed by atoms with van der Waals surface area (Å²) in [5.41, 5.74) is 8.42. The van der Waals surface area contributed by atoms with E-state index in [1.165, 1.54) is 19.3 Å². The van der Waals surface area contributed by atoms with Crippen molar-refractivity contribution in [1.29, 1.82) is 0 Å². The van der Waals surface area contributed by atoms with E-state index in [9.17, 15) is 0 Å². The zero-order chi connectivity index (χ0) is 10.3. The van der Waals surface area contributed by atoms with Gasteiger partial charge in [-0.15, -0.1) is 5.10 Å². The topological polar surface area (TPSA) is 56.7 Å². The number of nitrogens with zero attached hydrogens (tertiary/aromatic N) is 3. The van der Waals surface area contributed by atoms with Crippen LogP contribution in [0.4, 0.5) is 5.69 Å². The second-order valence-corrected chi connectivity index (χ2v) is 4.29. The first-order valence-corrected chi connectivity index (χ1v) is 5.41. The highest BCUT2D eigenvalue weighted by atomic mass is 15.4. The van der Waals surface area contributed by atoms with Crippen LogP contribution in [0.3, 0.4) is 0 Å². The molecule has 0 radical (unpaired) electrons. The van der Waals surface area contributed by atoms with Gasteiger partial charge in [0.25, 0.3) is 0 Å². The molecule has 0 atom stereocenters. The van der Waals surface area contributed by atoms with E-state index in [4.69, 9.17) is 5.73 Å². The van der Waals surface area contributed by atoms with Crippen molar-refractivity contribution in [3.63, 3.8) is 0 Å². The number of benzene rings is 1. The summed E-state index contributed by atoms with van der Waals surface area (Å²) in [5, 5.41) is 8.26. The van der Waals surface area contributed by atoms with Crippen molar-refractivity contribution >= 4 is 16.7 Å². The van der Waals surface area contributed by atoms with Gasteiger partial charge in [0.1, 0.15) is 5.52 Å². The van der Waals surface area contributed by atoms with E-state index in [1.807, 2.05) is 22.9 Å². The number of anilines is 1. The maximum atomic E-state index is 5.69. The van der Waals surface area contributed by atoms with E-state index in [2.05, 4.69) is 10.3 Å². The minimum atomic E-state index is 0.747. The predicted octanol–water partition coefficient (Wildman–Crippen LogP) is 1.81. The van der Waals surface area contributed by atoms with Crippen LogP contribution in [0.25, 0.3) is 11.0 Å². The highest BCUT2D eigenvalue weighted by molar-refractivity contribution is 5.77. The smallest absolute Gasteiger partial charge is 0.115 e. The fourth-order valence-electron chi connectivity index (χ4n) is 1.87. The monoisotopic (exact) mass is 202 g/mol. The average molecular weight is 202 g/mol. The van der Waals surface area contributed by atoms with Crippen LogP contribution in [0.2, 0.25) is 0 Å². The maximum absolute atomic E-state index is 5.69. The Hall–Kier alpha value is -1.58. The second kappa shape index (κ2) is 3.22. The third kappa shape index (κ3) is 1.67. The van der Waals surface area contributed by atoms with Crippen molar-refractivity contribution in [2.75, 3.05) is 5.73 Å². The summed E-state index contributed by atoms with van der Waals surface area (Å²) in [6.07, 6.45) is 4.00. The van der Waals surface area contributed by atoms with Gasteiger partial charge in [-0.25, -0.2) is 4.68 Å². The van der Waals surface area contributed by atoms with Gasteiger partial charge in [-0.3, -0.25) is 0 Å². The quantitative estimate of drug-likeness (QED) is 0.772. The Balaban J connectivity index is 1.89.